The number of para-hydroxylation sites is 1. The molecule has 1 N–H and O–H groups in total. The third-order valence-electron chi connectivity index (χ3n) is 2.83. The number of nitrogens with one attached hydrogen (secondary N) is 1. The molecule has 0 spiro atoms. The van der Waals surface area contributed by atoms with Crippen LogP contribution in [0.3, 0.4) is 0 Å². The first kappa shape index (κ1) is 14.3. The molecule has 0 unspecified atom stereocenters. The quantitative estimate of drug-likeness (QED) is 0.732. The van der Waals surface area contributed by atoms with E-state index >= 15 is 0 Å². The van der Waals surface area contributed by atoms with Gasteiger partial charge in [-0.05, 0) is 24.3 Å². The van der Waals surface area contributed by atoms with E-state index in [0.29, 0.717) is 5.16 Å². The maximum Gasteiger partial charge on any atom is 0.234 e. The molecule has 0 aliphatic rings. The van der Waals surface area contributed by atoms with Gasteiger partial charge in [-0.2, -0.15) is 0 Å². The van der Waals surface area contributed by atoms with Gasteiger partial charge in [0.25, 0.3) is 0 Å². The molecule has 0 fully saturated rings. The van der Waals surface area contributed by atoms with E-state index in [1.54, 1.807) is 23.3 Å². The molecule has 0 aliphatic heterocycles. The van der Waals surface area contributed by atoms with E-state index in [0.717, 1.165) is 11.4 Å². The van der Waals surface area contributed by atoms with Crippen LogP contribution in [0.25, 0.3) is 5.69 Å². The maximum absolute atomic E-state index is 12.0. The highest BCUT2D eigenvalue weighted by molar-refractivity contribution is 7.99. The summed E-state index contributed by atoms with van der Waals surface area (Å²) in [6.45, 7) is 0. The molecule has 0 bridgehead atoms. The Morgan fingerprint density at radius 2 is 2.05 bits per heavy atom. The van der Waals surface area contributed by atoms with Crippen molar-refractivity contribution in [3.8, 4) is 5.69 Å². The van der Waals surface area contributed by atoms with E-state index in [-0.39, 0.29) is 11.7 Å². The van der Waals surface area contributed by atoms with E-state index in [2.05, 4.69) is 20.5 Å². The van der Waals surface area contributed by atoms with Crippen LogP contribution in [-0.4, -0.2) is 31.4 Å². The van der Waals surface area contributed by atoms with Crippen LogP contribution in [0.1, 0.15) is 0 Å². The van der Waals surface area contributed by atoms with Crippen LogP contribution < -0.4 is 5.32 Å². The summed E-state index contributed by atoms with van der Waals surface area (Å²) in [5.74, 6) is 0.172. The molecular formula is C15H13N5OS. The van der Waals surface area contributed by atoms with Gasteiger partial charge in [-0.1, -0.05) is 30.0 Å². The van der Waals surface area contributed by atoms with E-state index in [9.17, 15) is 4.79 Å². The standard InChI is InChI=1S/C15H13N5OS/c21-14(18-12-5-2-1-3-6-12)10-22-15-19-17-11-20(15)13-7-4-8-16-9-13/h1-9,11H,10H2,(H,18,21). The number of pyridine rings is 1. The Bertz CT molecular complexity index is 745. The molecule has 110 valence electrons. The van der Waals surface area contributed by atoms with Crippen LogP contribution in [0.2, 0.25) is 0 Å². The molecule has 6 nitrogen and oxygen atoms in total. The normalized spacial score (nSPS) is 10.4. The Morgan fingerprint density at radius 1 is 1.18 bits per heavy atom. The molecule has 0 saturated heterocycles. The highest BCUT2D eigenvalue weighted by Gasteiger charge is 2.10. The first-order chi connectivity index (χ1) is 10.8. The zero-order chi connectivity index (χ0) is 15.2. The minimum Gasteiger partial charge on any atom is -0.325 e. The third-order valence-corrected chi connectivity index (χ3v) is 3.77. The summed E-state index contributed by atoms with van der Waals surface area (Å²) in [7, 11) is 0. The topological polar surface area (TPSA) is 72.7 Å². The van der Waals surface area contributed by atoms with Gasteiger partial charge in [0.05, 0.1) is 17.6 Å². The molecule has 3 aromatic rings. The number of anilines is 1. The van der Waals surface area contributed by atoms with Crippen molar-refractivity contribution in [2.75, 3.05) is 11.1 Å². The van der Waals surface area contributed by atoms with E-state index in [4.69, 9.17) is 0 Å². The minimum absolute atomic E-state index is 0.0862. The average Bonchev–Trinajstić information content (AvgIpc) is 3.03. The molecule has 0 atom stereocenters. The number of rotatable bonds is 5. The first-order valence-electron chi connectivity index (χ1n) is 6.61. The van der Waals surface area contributed by atoms with Crippen molar-refractivity contribution in [3.05, 3.63) is 61.2 Å². The molecule has 7 heteroatoms. The van der Waals surface area contributed by atoms with Gasteiger partial charge in [0, 0.05) is 11.9 Å². The van der Waals surface area contributed by atoms with Crippen molar-refractivity contribution in [2.45, 2.75) is 5.16 Å². The van der Waals surface area contributed by atoms with Crippen LogP contribution in [0.15, 0.2) is 66.3 Å². The molecule has 22 heavy (non-hydrogen) atoms. The summed E-state index contributed by atoms with van der Waals surface area (Å²) in [6.07, 6.45) is 5.03. The predicted octanol–water partition coefficient (Wildman–Crippen LogP) is 2.39. The van der Waals surface area contributed by atoms with Gasteiger partial charge in [-0.15, -0.1) is 10.2 Å². The lowest BCUT2D eigenvalue weighted by Gasteiger charge is -2.06. The van der Waals surface area contributed by atoms with Crippen molar-refractivity contribution >= 4 is 23.4 Å². The number of benzene rings is 1. The van der Waals surface area contributed by atoms with Crippen molar-refractivity contribution < 1.29 is 4.79 Å². The number of carbonyl (C=O) groups is 1. The summed E-state index contributed by atoms with van der Waals surface area (Å²) < 4.78 is 1.80. The summed E-state index contributed by atoms with van der Waals surface area (Å²) >= 11 is 1.33. The number of hydrogen-bond acceptors (Lipinski definition) is 5. The molecule has 0 aliphatic carbocycles. The molecular weight excluding hydrogens is 298 g/mol. The third kappa shape index (κ3) is 3.50. The lowest BCUT2D eigenvalue weighted by Crippen LogP contribution is -2.14. The van der Waals surface area contributed by atoms with Gasteiger partial charge in [0.15, 0.2) is 5.16 Å². The molecule has 0 saturated carbocycles. The molecule has 3 rings (SSSR count). The van der Waals surface area contributed by atoms with Crippen LogP contribution in [0.4, 0.5) is 5.69 Å². The highest BCUT2D eigenvalue weighted by Crippen LogP contribution is 2.19. The van der Waals surface area contributed by atoms with Crippen LogP contribution in [0.5, 0.6) is 0 Å². The fraction of sp³-hybridized carbons (Fsp3) is 0.0667. The molecule has 0 radical (unpaired) electrons. The van der Waals surface area contributed by atoms with Crippen LogP contribution >= 0.6 is 11.8 Å². The van der Waals surface area contributed by atoms with E-state index in [1.165, 1.54) is 11.8 Å². The van der Waals surface area contributed by atoms with E-state index < -0.39 is 0 Å². The second-order valence-corrected chi connectivity index (χ2v) is 5.34. The SMILES string of the molecule is O=C(CSc1nncn1-c1cccnc1)Nc1ccccc1. The summed E-state index contributed by atoms with van der Waals surface area (Å²) in [5, 5.41) is 11.4. The molecule has 1 aromatic carbocycles. The smallest absolute Gasteiger partial charge is 0.234 e. The number of thioether (sulfide) groups is 1. The van der Waals surface area contributed by atoms with Gasteiger partial charge in [0.1, 0.15) is 6.33 Å². The number of hydrogen-bond donors (Lipinski definition) is 1. The van der Waals surface area contributed by atoms with Crippen molar-refractivity contribution in [1.82, 2.24) is 19.7 Å². The number of amides is 1. The number of aromatic nitrogens is 4. The second kappa shape index (κ2) is 6.86. The van der Waals surface area contributed by atoms with Crippen molar-refractivity contribution in [2.24, 2.45) is 0 Å². The Hall–Kier alpha value is -2.67. The lowest BCUT2D eigenvalue weighted by atomic mass is 10.3. The fourth-order valence-corrected chi connectivity index (χ4v) is 2.57. The predicted molar refractivity (Wildman–Crippen MR) is 84.9 cm³/mol. The zero-order valence-corrected chi connectivity index (χ0v) is 12.4. The fourth-order valence-electron chi connectivity index (χ4n) is 1.84. The molecule has 2 aromatic heterocycles. The van der Waals surface area contributed by atoms with Gasteiger partial charge in [-0.3, -0.25) is 14.3 Å². The van der Waals surface area contributed by atoms with Crippen LogP contribution in [0, 0.1) is 0 Å². The maximum atomic E-state index is 12.0. The van der Waals surface area contributed by atoms with Gasteiger partial charge < -0.3 is 5.32 Å². The lowest BCUT2D eigenvalue weighted by molar-refractivity contribution is -0.113. The van der Waals surface area contributed by atoms with Crippen molar-refractivity contribution in [3.63, 3.8) is 0 Å². The van der Waals surface area contributed by atoms with Gasteiger partial charge in [-0.25, -0.2) is 0 Å². The Balaban J connectivity index is 1.63. The van der Waals surface area contributed by atoms with E-state index in [1.807, 2.05) is 42.5 Å². The monoisotopic (exact) mass is 311 g/mol. The largest absolute Gasteiger partial charge is 0.325 e. The number of nitrogens with zero attached hydrogens (tertiary/aromatic N) is 4. The molecule has 1 amide bonds. The van der Waals surface area contributed by atoms with Crippen molar-refractivity contribution in [1.29, 1.82) is 0 Å². The Labute approximate surface area is 131 Å². The first-order valence-corrected chi connectivity index (χ1v) is 7.59. The average molecular weight is 311 g/mol. The van der Waals surface area contributed by atoms with Crippen LogP contribution in [-0.2, 0) is 4.79 Å². The summed E-state index contributed by atoms with van der Waals surface area (Å²) in [4.78, 5) is 16.0. The highest BCUT2D eigenvalue weighted by atomic mass is 32.2. The summed E-state index contributed by atoms with van der Waals surface area (Å²) in [6, 6.07) is 13.1. The Kier molecular flexibility index (Phi) is 4.45. The summed E-state index contributed by atoms with van der Waals surface area (Å²) in [5.41, 5.74) is 1.64. The van der Waals surface area contributed by atoms with Gasteiger partial charge in [0.2, 0.25) is 5.91 Å². The molecule has 2 heterocycles. The zero-order valence-electron chi connectivity index (χ0n) is 11.6. The second-order valence-electron chi connectivity index (χ2n) is 4.40. The Morgan fingerprint density at radius 3 is 2.82 bits per heavy atom. The minimum atomic E-state index is -0.0862. The number of carbonyl (C=O) groups excluding carboxylic acids is 1. The van der Waals surface area contributed by atoms with Gasteiger partial charge >= 0.3 is 0 Å².